The van der Waals surface area contributed by atoms with Crippen LogP contribution >= 0.6 is 0 Å². The minimum Gasteiger partial charge on any atom is -0.359 e. The first-order valence-electron chi connectivity index (χ1n) is 6.85. The van der Waals surface area contributed by atoms with Gasteiger partial charge in [0.15, 0.2) is 0 Å². The molecule has 4 heteroatoms. The van der Waals surface area contributed by atoms with E-state index in [4.69, 9.17) is 0 Å². The molecule has 17 heavy (non-hydrogen) atoms. The summed E-state index contributed by atoms with van der Waals surface area (Å²) in [4.78, 5) is 16.7. The molecule has 98 valence electrons. The highest BCUT2D eigenvalue weighted by atomic mass is 16.1. The molecule has 0 aromatic heterocycles. The molecule has 4 nitrogen and oxygen atoms in total. The zero-order chi connectivity index (χ0) is 12.3. The first-order chi connectivity index (χ1) is 8.20. The third kappa shape index (κ3) is 3.19. The summed E-state index contributed by atoms with van der Waals surface area (Å²) in [5.74, 6) is 0.441. The fourth-order valence-corrected chi connectivity index (χ4v) is 3.12. The van der Waals surface area contributed by atoms with E-state index in [0.29, 0.717) is 6.04 Å². The first-order valence-corrected chi connectivity index (χ1v) is 6.85. The number of nitrogens with zero attached hydrogens (tertiary/aromatic N) is 2. The summed E-state index contributed by atoms with van der Waals surface area (Å²) in [5.41, 5.74) is 0. The van der Waals surface area contributed by atoms with Crippen LogP contribution in [0.15, 0.2) is 0 Å². The molecular weight excluding hydrogens is 214 g/mol. The van der Waals surface area contributed by atoms with Crippen molar-refractivity contribution in [3.05, 3.63) is 0 Å². The fourth-order valence-electron chi connectivity index (χ4n) is 3.12. The molecule has 0 spiro atoms. The summed E-state index contributed by atoms with van der Waals surface area (Å²) >= 11 is 0. The van der Waals surface area contributed by atoms with Crippen molar-refractivity contribution in [2.24, 2.45) is 5.92 Å². The summed E-state index contributed by atoms with van der Waals surface area (Å²) in [6.07, 6.45) is 4.75. The normalized spacial score (nSPS) is 29.2. The Labute approximate surface area is 104 Å². The maximum Gasteiger partial charge on any atom is 0.224 e. The number of nitrogens with one attached hydrogen (secondary N) is 1. The lowest BCUT2D eigenvalue weighted by molar-refractivity contribution is -0.126. The van der Waals surface area contributed by atoms with Crippen LogP contribution in [0.25, 0.3) is 0 Å². The lowest BCUT2D eigenvalue weighted by atomic mass is 9.93. The maximum absolute atomic E-state index is 11.7. The van der Waals surface area contributed by atoms with Crippen LogP contribution in [0.4, 0.5) is 0 Å². The van der Waals surface area contributed by atoms with Crippen LogP contribution < -0.4 is 5.32 Å². The van der Waals surface area contributed by atoms with Crippen LogP contribution in [0.5, 0.6) is 0 Å². The Bertz CT molecular complexity index is 261. The molecule has 2 aliphatic rings. The fraction of sp³-hybridized carbons (Fsp3) is 0.923. The van der Waals surface area contributed by atoms with Gasteiger partial charge in [-0.3, -0.25) is 9.69 Å². The van der Waals surface area contributed by atoms with Crippen molar-refractivity contribution in [1.29, 1.82) is 0 Å². The molecule has 0 radical (unpaired) electrons. The van der Waals surface area contributed by atoms with Gasteiger partial charge in [-0.15, -0.1) is 0 Å². The molecule has 2 fully saturated rings. The molecule has 1 N–H and O–H groups in total. The molecule has 0 saturated carbocycles. The topological polar surface area (TPSA) is 35.6 Å². The van der Waals surface area contributed by atoms with Gasteiger partial charge in [0.05, 0.1) is 5.92 Å². The van der Waals surface area contributed by atoms with Crippen molar-refractivity contribution in [2.45, 2.75) is 31.7 Å². The van der Waals surface area contributed by atoms with Crippen molar-refractivity contribution in [3.63, 3.8) is 0 Å². The Kier molecular flexibility index (Phi) is 4.40. The van der Waals surface area contributed by atoms with Gasteiger partial charge in [0.2, 0.25) is 5.91 Å². The number of piperidine rings is 2. The van der Waals surface area contributed by atoms with E-state index in [9.17, 15) is 4.79 Å². The van der Waals surface area contributed by atoms with E-state index in [-0.39, 0.29) is 11.8 Å². The van der Waals surface area contributed by atoms with E-state index in [1.54, 1.807) is 7.05 Å². The second-order valence-electron chi connectivity index (χ2n) is 5.48. The van der Waals surface area contributed by atoms with Crippen LogP contribution in [0, 0.1) is 5.92 Å². The quantitative estimate of drug-likeness (QED) is 0.764. The monoisotopic (exact) mass is 239 g/mol. The number of hydrogen-bond donors (Lipinski definition) is 1. The molecule has 0 bridgehead atoms. The van der Waals surface area contributed by atoms with E-state index in [0.717, 1.165) is 13.0 Å². The number of rotatable bonds is 2. The highest BCUT2D eigenvalue weighted by Crippen LogP contribution is 2.23. The van der Waals surface area contributed by atoms with Crippen LogP contribution in [-0.4, -0.2) is 62.0 Å². The minimum absolute atomic E-state index is 0.216. The number of carbonyl (C=O) groups excluding carboxylic acids is 1. The summed E-state index contributed by atoms with van der Waals surface area (Å²) in [6, 6.07) is 0.707. The lowest BCUT2D eigenvalue weighted by Gasteiger charge is -2.41. The van der Waals surface area contributed by atoms with Crippen LogP contribution in [-0.2, 0) is 4.79 Å². The molecule has 0 aliphatic carbocycles. The molecule has 2 heterocycles. The van der Waals surface area contributed by atoms with E-state index in [1.807, 2.05) is 0 Å². The smallest absolute Gasteiger partial charge is 0.224 e. The molecule has 2 aliphatic heterocycles. The van der Waals surface area contributed by atoms with E-state index in [2.05, 4.69) is 22.2 Å². The first kappa shape index (κ1) is 12.8. The molecule has 0 aromatic rings. The Morgan fingerprint density at radius 1 is 1.18 bits per heavy atom. The average molecular weight is 239 g/mol. The van der Waals surface area contributed by atoms with Crippen molar-refractivity contribution in [1.82, 2.24) is 15.1 Å². The van der Waals surface area contributed by atoms with Gasteiger partial charge in [-0.25, -0.2) is 0 Å². The molecule has 0 aromatic carbocycles. The van der Waals surface area contributed by atoms with Crippen LogP contribution in [0.3, 0.4) is 0 Å². The van der Waals surface area contributed by atoms with Crippen LogP contribution in [0.1, 0.15) is 25.7 Å². The predicted octanol–water partition coefficient (Wildman–Crippen LogP) is 0.539. The SMILES string of the molecule is CNC(=O)C1CCCN(C2CCN(C)CC2)C1. The number of hydrogen-bond acceptors (Lipinski definition) is 3. The van der Waals surface area contributed by atoms with Crippen LogP contribution in [0.2, 0.25) is 0 Å². The van der Waals surface area contributed by atoms with Crippen molar-refractivity contribution in [3.8, 4) is 0 Å². The van der Waals surface area contributed by atoms with E-state index >= 15 is 0 Å². The number of carbonyl (C=O) groups is 1. The largest absolute Gasteiger partial charge is 0.359 e. The average Bonchev–Trinajstić information content (AvgIpc) is 2.39. The van der Waals surface area contributed by atoms with Crippen molar-refractivity contribution >= 4 is 5.91 Å². The summed E-state index contributed by atoms with van der Waals surface area (Å²) in [6.45, 7) is 4.55. The Hall–Kier alpha value is -0.610. The third-order valence-electron chi connectivity index (χ3n) is 4.27. The van der Waals surface area contributed by atoms with Gasteiger partial charge in [-0.1, -0.05) is 0 Å². The molecule has 2 saturated heterocycles. The second-order valence-corrected chi connectivity index (χ2v) is 5.48. The zero-order valence-electron chi connectivity index (χ0n) is 11.1. The highest BCUT2D eigenvalue weighted by molar-refractivity contribution is 5.78. The zero-order valence-corrected chi connectivity index (χ0v) is 11.1. The van der Waals surface area contributed by atoms with E-state index < -0.39 is 0 Å². The highest BCUT2D eigenvalue weighted by Gasteiger charge is 2.30. The standard InChI is InChI=1S/C13H25N3O/c1-14-13(17)11-4-3-7-16(10-11)12-5-8-15(2)9-6-12/h11-12H,3-10H2,1-2H3,(H,14,17). The van der Waals surface area contributed by atoms with Gasteiger partial charge in [-0.2, -0.15) is 0 Å². The van der Waals surface area contributed by atoms with Gasteiger partial charge in [0, 0.05) is 19.6 Å². The maximum atomic E-state index is 11.7. The summed E-state index contributed by atoms with van der Waals surface area (Å²) < 4.78 is 0. The third-order valence-corrected chi connectivity index (χ3v) is 4.27. The van der Waals surface area contributed by atoms with Gasteiger partial charge in [0.1, 0.15) is 0 Å². The molecule has 1 atom stereocenters. The number of amides is 1. The second kappa shape index (κ2) is 5.83. The summed E-state index contributed by atoms with van der Waals surface area (Å²) in [5, 5.41) is 2.79. The Morgan fingerprint density at radius 3 is 2.53 bits per heavy atom. The lowest BCUT2D eigenvalue weighted by Crippen LogP contribution is -2.50. The molecule has 1 unspecified atom stereocenters. The summed E-state index contributed by atoms with van der Waals surface area (Å²) in [7, 11) is 3.94. The Balaban J connectivity index is 1.86. The molecular formula is C13H25N3O. The van der Waals surface area contributed by atoms with Gasteiger partial charge in [0.25, 0.3) is 0 Å². The Morgan fingerprint density at radius 2 is 1.88 bits per heavy atom. The van der Waals surface area contributed by atoms with Gasteiger partial charge < -0.3 is 10.2 Å². The van der Waals surface area contributed by atoms with Gasteiger partial charge in [-0.05, 0) is 52.4 Å². The molecule has 2 rings (SSSR count). The van der Waals surface area contributed by atoms with Crippen molar-refractivity contribution in [2.75, 3.05) is 40.3 Å². The minimum atomic E-state index is 0.216. The molecule has 1 amide bonds. The van der Waals surface area contributed by atoms with Crippen molar-refractivity contribution < 1.29 is 4.79 Å². The predicted molar refractivity (Wildman–Crippen MR) is 68.9 cm³/mol. The number of likely N-dealkylation sites (tertiary alicyclic amines) is 2. The van der Waals surface area contributed by atoms with E-state index in [1.165, 1.54) is 38.9 Å². The van der Waals surface area contributed by atoms with Gasteiger partial charge >= 0.3 is 0 Å².